The molecule has 0 spiro atoms. The maximum Gasteiger partial charge on any atom is 0.222 e. The number of ether oxygens (including phenoxy) is 3. The third kappa shape index (κ3) is 4.41. The van der Waals surface area contributed by atoms with Crippen LogP contribution in [-0.2, 0) is 21.7 Å². The molecule has 2 aromatic rings. The Morgan fingerprint density at radius 1 is 1.03 bits per heavy atom. The topological polar surface area (TPSA) is 109 Å². The van der Waals surface area contributed by atoms with E-state index in [1.807, 2.05) is 24.3 Å². The fraction of sp³-hybridized carbons (Fsp3) is 0.429. The van der Waals surface area contributed by atoms with Crippen molar-refractivity contribution in [2.45, 2.75) is 36.6 Å². The molecule has 1 fully saturated rings. The molecule has 1 aliphatic rings. The Morgan fingerprint density at radius 2 is 1.72 bits per heavy atom. The summed E-state index contributed by atoms with van der Waals surface area (Å²) >= 11 is 6.34. The largest absolute Gasteiger partial charge is 0.497 e. The zero-order valence-electron chi connectivity index (χ0n) is 16.2. The van der Waals surface area contributed by atoms with Crippen LogP contribution in [0.2, 0.25) is 5.02 Å². The van der Waals surface area contributed by atoms with E-state index in [-0.39, 0.29) is 12.2 Å². The number of methoxy groups -OCH3 is 2. The van der Waals surface area contributed by atoms with Gasteiger partial charge in [-0.15, -0.1) is 0 Å². The van der Waals surface area contributed by atoms with Crippen LogP contribution in [0.5, 0.6) is 5.75 Å². The van der Waals surface area contributed by atoms with Gasteiger partial charge in [0.05, 0.1) is 13.7 Å². The fourth-order valence-electron chi connectivity index (χ4n) is 3.44. The Bertz CT molecular complexity index is 828. The summed E-state index contributed by atoms with van der Waals surface area (Å²) in [7, 11) is 3.00. The van der Waals surface area contributed by atoms with Gasteiger partial charge in [0.25, 0.3) is 0 Å². The molecular formula is C21H25ClO7. The summed E-state index contributed by atoms with van der Waals surface area (Å²) < 4.78 is 15.7. The van der Waals surface area contributed by atoms with Crippen LogP contribution in [0, 0.1) is 0 Å². The van der Waals surface area contributed by atoms with E-state index in [1.54, 1.807) is 19.2 Å². The predicted octanol–water partition coefficient (Wildman–Crippen LogP) is 1.21. The fourth-order valence-corrected chi connectivity index (χ4v) is 3.62. The zero-order valence-corrected chi connectivity index (χ0v) is 16.9. The molecule has 1 heterocycles. The van der Waals surface area contributed by atoms with Crippen molar-refractivity contribution in [1.29, 1.82) is 0 Å². The Kier molecular flexibility index (Phi) is 6.80. The first-order chi connectivity index (χ1) is 13.8. The highest BCUT2D eigenvalue weighted by molar-refractivity contribution is 6.31. The lowest BCUT2D eigenvalue weighted by molar-refractivity contribution is -0.358. The van der Waals surface area contributed by atoms with Gasteiger partial charge in [-0.2, -0.15) is 0 Å². The minimum Gasteiger partial charge on any atom is -0.497 e. The smallest absolute Gasteiger partial charge is 0.222 e. The van der Waals surface area contributed by atoms with E-state index >= 15 is 0 Å². The summed E-state index contributed by atoms with van der Waals surface area (Å²) in [6.45, 7) is -0.0699. The van der Waals surface area contributed by atoms with Crippen LogP contribution in [0.1, 0.15) is 16.7 Å². The minimum absolute atomic E-state index is 0.0699. The van der Waals surface area contributed by atoms with Gasteiger partial charge in [0.1, 0.15) is 30.2 Å². The zero-order chi connectivity index (χ0) is 21.2. The Balaban J connectivity index is 1.92. The molecule has 2 aromatic carbocycles. The van der Waals surface area contributed by atoms with Gasteiger partial charge in [0.2, 0.25) is 5.79 Å². The molecule has 0 amide bonds. The van der Waals surface area contributed by atoms with Gasteiger partial charge in [-0.05, 0) is 41.8 Å². The Hall–Kier alpha value is -1.71. The van der Waals surface area contributed by atoms with Gasteiger partial charge in [0, 0.05) is 17.7 Å². The molecule has 4 N–H and O–H groups in total. The third-order valence-electron chi connectivity index (χ3n) is 5.13. The lowest BCUT2D eigenvalue weighted by Crippen LogP contribution is -2.63. The second-order valence-corrected chi connectivity index (χ2v) is 7.47. The Morgan fingerprint density at radius 3 is 2.34 bits per heavy atom. The van der Waals surface area contributed by atoms with E-state index in [9.17, 15) is 20.4 Å². The number of aliphatic hydroxyl groups is 4. The van der Waals surface area contributed by atoms with Crippen LogP contribution in [0.4, 0.5) is 0 Å². The monoisotopic (exact) mass is 424 g/mol. The van der Waals surface area contributed by atoms with E-state index < -0.39 is 30.2 Å². The highest BCUT2D eigenvalue weighted by atomic mass is 35.5. The third-order valence-corrected chi connectivity index (χ3v) is 5.50. The van der Waals surface area contributed by atoms with Gasteiger partial charge in [-0.3, -0.25) is 0 Å². The van der Waals surface area contributed by atoms with Gasteiger partial charge in [-0.1, -0.05) is 29.8 Å². The SMILES string of the molecule is COC[C@H]1O[C@@](O)(c2ccc(Cl)c(Cc3ccc(OC)cc3)c2)[C@H](O)[C@@H](O)[C@@H]1O. The maximum absolute atomic E-state index is 11.1. The highest BCUT2D eigenvalue weighted by Crippen LogP contribution is 2.38. The van der Waals surface area contributed by atoms with Crippen molar-refractivity contribution >= 4 is 11.6 Å². The van der Waals surface area contributed by atoms with Crippen molar-refractivity contribution in [3.05, 3.63) is 64.2 Å². The van der Waals surface area contributed by atoms with E-state index in [4.69, 9.17) is 25.8 Å². The van der Waals surface area contributed by atoms with Crippen LogP contribution >= 0.6 is 11.6 Å². The molecule has 0 unspecified atom stereocenters. The van der Waals surface area contributed by atoms with Crippen molar-refractivity contribution < 1.29 is 34.6 Å². The first kappa shape index (κ1) is 22.0. The summed E-state index contributed by atoms with van der Waals surface area (Å²) in [5, 5.41) is 42.3. The van der Waals surface area contributed by atoms with Crippen LogP contribution in [0.3, 0.4) is 0 Å². The van der Waals surface area contributed by atoms with Crippen molar-refractivity contribution in [2.75, 3.05) is 20.8 Å². The molecule has 3 rings (SSSR count). The van der Waals surface area contributed by atoms with E-state index in [0.717, 1.165) is 11.3 Å². The second kappa shape index (κ2) is 8.97. The molecule has 158 valence electrons. The van der Waals surface area contributed by atoms with E-state index in [1.165, 1.54) is 13.2 Å². The van der Waals surface area contributed by atoms with Crippen molar-refractivity contribution in [1.82, 2.24) is 0 Å². The lowest BCUT2D eigenvalue weighted by atomic mass is 9.87. The summed E-state index contributed by atoms with van der Waals surface area (Å²) in [4.78, 5) is 0. The average Bonchev–Trinajstić information content (AvgIpc) is 2.72. The molecule has 5 atom stereocenters. The standard InChI is InChI=1S/C21H25ClO7/c1-27-11-17-18(23)19(24)20(25)21(26,29-17)14-5-8-16(22)13(10-14)9-12-3-6-15(28-2)7-4-12/h3-8,10,17-20,23-26H,9,11H2,1-2H3/t17-,18-,19+,20-,21+/m1/s1. The number of aliphatic hydroxyl groups excluding tert-OH is 3. The molecular weight excluding hydrogens is 400 g/mol. The molecule has 0 saturated carbocycles. The summed E-state index contributed by atoms with van der Waals surface area (Å²) in [6.07, 6.45) is -5.34. The summed E-state index contributed by atoms with van der Waals surface area (Å²) in [5.41, 5.74) is 1.88. The van der Waals surface area contributed by atoms with Gasteiger partial charge in [-0.25, -0.2) is 0 Å². The molecule has 0 aromatic heterocycles. The molecule has 29 heavy (non-hydrogen) atoms. The van der Waals surface area contributed by atoms with Crippen LogP contribution in [0.25, 0.3) is 0 Å². The van der Waals surface area contributed by atoms with Crippen LogP contribution in [0.15, 0.2) is 42.5 Å². The molecule has 1 aliphatic heterocycles. The number of rotatable bonds is 6. The molecule has 7 nitrogen and oxygen atoms in total. The highest BCUT2D eigenvalue weighted by Gasteiger charge is 2.53. The van der Waals surface area contributed by atoms with Crippen LogP contribution < -0.4 is 4.74 Å². The van der Waals surface area contributed by atoms with E-state index in [2.05, 4.69) is 0 Å². The predicted molar refractivity (Wildman–Crippen MR) is 106 cm³/mol. The van der Waals surface area contributed by atoms with Crippen LogP contribution in [-0.4, -0.2) is 65.7 Å². The number of hydrogen-bond acceptors (Lipinski definition) is 7. The lowest BCUT2D eigenvalue weighted by Gasteiger charge is -2.46. The number of halogens is 1. The molecule has 8 heteroatoms. The van der Waals surface area contributed by atoms with Gasteiger partial charge < -0.3 is 34.6 Å². The van der Waals surface area contributed by atoms with Crippen molar-refractivity contribution in [2.24, 2.45) is 0 Å². The van der Waals surface area contributed by atoms with Crippen molar-refractivity contribution in [3.8, 4) is 5.75 Å². The Labute approximate surface area is 174 Å². The van der Waals surface area contributed by atoms with Gasteiger partial charge in [0.15, 0.2) is 0 Å². The van der Waals surface area contributed by atoms with Crippen molar-refractivity contribution in [3.63, 3.8) is 0 Å². The molecule has 0 radical (unpaired) electrons. The first-order valence-corrected chi connectivity index (χ1v) is 9.53. The minimum atomic E-state index is -2.24. The summed E-state index contributed by atoms with van der Waals surface area (Å²) in [6, 6.07) is 12.2. The van der Waals surface area contributed by atoms with E-state index in [0.29, 0.717) is 17.0 Å². The number of benzene rings is 2. The number of hydrogen-bond donors (Lipinski definition) is 4. The normalized spacial score (nSPS) is 29.6. The molecule has 1 saturated heterocycles. The van der Waals surface area contributed by atoms with Gasteiger partial charge >= 0.3 is 0 Å². The molecule has 0 aliphatic carbocycles. The quantitative estimate of drug-likeness (QED) is 0.552. The maximum atomic E-state index is 11.1. The second-order valence-electron chi connectivity index (χ2n) is 7.07. The first-order valence-electron chi connectivity index (χ1n) is 9.15. The summed E-state index contributed by atoms with van der Waals surface area (Å²) in [5.74, 6) is -1.50. The molecule has 0 bridgehead atoms. The average molecular weight is 425 g/mol.